The number of carbonyl (C=O) groups excluding carboxylic acids is 1. The van der Waals surface area contributed by atoms with Gasteiger partial charge in [0.15, 0.2) is 0 Å². The van der Waals surface area contributed by atoms with Crippen molar-refractivity contribution in [2.45, 2.75) is 45.1 Å². The Kier molecular flexibility index (Phi) is 7.57. The van der Waals surface area contributed by atoms with E-state index < -0.39 is 0 Å². The van der Waals surface area contributed by atoms with E-state index in [1.165, 1.54) is 0 Å². The molecule has 0 atom stereocenters. The summed E-state index contributed by atoms with van der Waals surface area (Å²) in [6.45, 7) is 14.9. The van der Waals surface area contributed by atoms with Crippen LogP contribution in [0.3, 0.4) is 0 Å². The highest BCUT2D eigenvalue weighted by molar-refractivity contribution is 5.99. The Labute approximate surface area is 218 Å². The molecule has 1 spiro atoms. The van der Waals surface area contributed by atoms with E-state index in [1.807, 2.05) is 32.2 Å². The van der Waals surface area contributed by atoms with Gasteiger partial charge in [-0.1, -0.05) is 12.8 Å². The number of aliphatic imine (C=N–C) groups is 2. The van der Waals surface area contributed by atoms with Gasteiger partial charge >= 0.3 is 0 Å². The third-order valence-corrected chi connectivity index (χ3v) is 7.82. The molecule has 0 bridgehead atoms. The largest absolute Gasteiger partial charge is 0.380 e. The van der Waals surface area contributed by atoms with Crippen LogP contribution in [0, 0.1) is 6.92 Å². The van der Waals surface area contributed by atoms with Gasteiger partial charge in [-0.2, -0.15) is 4.99 Å². The van der Waals surface area contributed by atoms with Crippen molar-refractivity contribution in [1.29, 1.82) is 0 Å². The number of pyridine rings is 1. The summed E-state index contributed by atoms with van der Waals surface area (Å²) in [6.07, 6.45) is 6.26. The van der Waals surface area contributed by atoms with Crippen molar-refractivity contribution in [3.05, 3.63) is 35.7 Å². The van der Waals surface area contributed by atoms with Crippen molar-refractivity contribution in [3.8, 4) is 0 Å². The first-order valence-corrected chi connectivity index (χ1v) is 13.4. The molecular formula is C27H38N8O2. The lowest BCUT2D eigenvalue weighted by Gasteiger charge is -2.37. The van der Waals surface area contributed by atoms with Gasteiger partial charge in [0.2, 0.25) is 5.96 Å². The van der Waals surface area contributed by atoms with E-state index in [0.717, 1.165) is 88.7 Å². The van der Waals surface area contributed by atoms with Crippen molar-refractivity contribution in [2.24, 2.45) is 9.98 Å². The van der Waals surface area contributed by atoms with Gasteiger partial charge in [0.05, 0.1) is 24.0 Å². The molecule has 2 aromatic heterocycles. The van der Waals surface area contributed by atoms with E-state index in [-0.39, 0.29) is 11.4 Å². The fourth-order valence-corrected chi connectivity index (χ4v) is 5.79. The molecule has 37 heavy (non-hydrogen) atoms. The summed E-state index contributed by atoms with van der Waals surface area (Å²) in [7, 11) is 0. The van der Waals surface area contributed by atoms with E-state index in [1.54, 1.807) is 0 Å². The molecule has 10 nitrogen and oxygen atoms in total. The molecule has 0 unspecified atom stereocenters. The summed E-state index contributed by atoms with van der Waals surface area (Å²) in [5.41, 5.74) is 2.61. The fourth-order valence-electron chi connectivity index (χ4n) is 5.79. The molecule has 10 heteroatoms. The van der Waals surface area contributed by atoms with E-state index in [2.05, 4.69) is 47.8 Å². The van der Waals surface area contributed by atoms with Crippen LogP contribution >= 0.6 is 0 Å². The molecule has 2 N–H and O–H groups in total. The van der Waals surface area contributed by atoms with Crippen molar-refractivity contribution in [1.82, 2.24) is 19.8 Å². The van der Waals surface area contributed by atoms with Crippen LogP contribution in [0.4, 0.5) is 17.3 Å². The molecule has 0 radical (unpaired) electrons. The molecule has 1 aliphatic carbocycles. The summed E-state index contributed by atoms with van der Waals surface area (Å²) >= 11 is 0. The molecule has 1 saturated heterocycles. The lowest BCUT2D eigenvalue weighted by atomic mass is 9.94. The zero-order valence-electron chi connectivity index (χ0n) is 22.0. The Morgan fingerprint density at radius 1 is 1.24 bits per heavy atom. The third-order valence-electron chi connectivity index (χ3n) is 7.82. The van der Waals surface area contributed by atoms with Gasteiger partial charge in [-0.15, -0.1) is 0 Å². The molecule has 2 aliphatic heterocycles. The summed E-state index contributed by atoms with van der Waals surface area (Å²) < 4.78 is 7.63. The predicted octanol–water partition coefficient (Wildman–Crippen LogP) is 3.16. The number of guanidine groups is 1. The SMILES string of the molecule is C=NC(=Nc1c(C)cc2n1C1(CCCC1)CNC2=O)Nc1ccc(N2CCN(CCOCC)CC2)cn1. The van der Waals surface area contributed by atoms with Gasteiger partial charge in [0.25, 0.3) is 5.91 Å². The molecule has 4 heterocycles. The minimum Gasteiger partial charge on any atom is -0.380 e. The van der Waals surface area contributed by atoms with Crippen LogP contribution in [-0.2, 0) is 10.3 Å². The number of carbonyl (C=O) groups is 1. The highest BCUT2D eigenvalue weighted by Crippen LogP contribution is 2.43. The second-order valence-corrected chi connectivity index (χ2v) is 10.1. The summed E-state index contributed by atoms with van der Waals surface area (Å²) in [6, 6.07) is 5.95. The molecule has 3 aliphatic rings. The maximum atomic E-state index is 12.6. The van der Waals surface area contributed by atoms with Crippen LogP contribution in [0.2, 0.25) is 0 Å². The number of fused-ring (bicyclic) bond motifs is 2. The predicted molar refractivity (Wildman–Crippen MR) is 148 cm³/mol. The van der Waals surface area contributed by atoms with Crippen LogP contribution < -0.4 is 15.5 Å². The Balaban J connectivity index is 1.28. The number of aryl methyl sites for hydroxylation is 1. The highest BCUT2D eigenvalue weighted by atomic mass is 16.5. The lowest BCUT2D eigenvalue weighted by Crippen LogP contribution is -2.49. The minimum atomic E-state index is -0.116. The van der Waals surface area contributed by atoms with Gasteiger partial charge in [-0.05, 0) is 57.2 Å². The number of piperazine rings is 1. The van der Waals surface area contributed by atoms with Gasteiger partial charge in [0.1, 0.15) is 17.3 Å². The van der Waals surface area contributed by atoms with E-state index in [4.69, 9.17) is 9.73 Å². The van der Waals surface area contributed by atoms with E-state index in [0.29, 0.717) is 24.0 Å². The van der Waals surface area contributed by atoms with Crippen molar-refractivity contribution in [2.75, 3.05) is 62.7 Å². The number of amides is 1. The average Bonchev–Trinajstić information content (AvgIpc) is 3.52. The maximum Gasteiger partial charge on any atom is 0.268 e. The molecule has 2 fully saturated rings. The molecular weight excluding hydrogens is 468 g/mol. The third kappa shape index (κ3) is 5.26. The number of ether oxygens (including phenoxy) is 1. The van der Waals surface area contributed by atoms with Crippen LogP contribution in [0.1, 0.15) is 48.7 Å². The number of hydrogen-bond acceptors (Lipinski definition) is 6. The Morgan fingerprint density at radius 3 is 2.70 bits per heavy atom. The standard InChI is InChI=1S/C27H38N8O2/c1-4-37-16-15-33-11-13-34(14-12-33)21-7-8-23(29-18-21)31-26(28-3)32-24-20(2)17-22-25(36)30-19-27(35(22)24)9-5-6-10-27/h7-8,17-18H,3-6,9-16,19H2,1-2H3,(H,30,36)(H,29,31,32). The first kappa shape index (κ1) is 25.4. The van der Waals surface area contributed by atoms with Gasteiger partial charge < -0.3 is 24.8 Å². The Morgan fingerprint density at radius 2 is 2.03 bits per heavy atom. The summed E-state index contributed by atoms with van der Waals surface area (Å²) in [4.78, 5) is 31.0. The highest BCUT2D eigenvalue weighted by Gasteiger charge is 2.43. The van der Waals surface area contributed by atoms with Crippen LogP contribution in [0.5, 0.6) is 0 Å². The quantitative estimate of drug-likeness (QED) is 0.340. The topological polar surface area (TPSA) is 99.4 Å². The monoisotopic (exact) mass is 506 g/mol. The number of anilines is 2. The molecule has 2 aromatic rings. The number of hydrogen-bond donors (Lipinski definition) is 2. The Hall–Kier alpha value is -3.24. The minimum absolute atomic E-state index is 0.0458. The summed E-state index contributed by atoms with van der Waals surface area (Å²) in [5, 5.41) is 6.30. The lowest BCUT2D eigenvalue weighted by molar-refractivity contribution is 0.0874. The first-order chi connectivity index (χ1) is 18.0. The number of rotatable bonds is 7. The zero-order valence-corrected chi connectivity index (χ0v) is 22.0. The normalized spacial score (nSPS) is 19.7. The van der Waals surface area contributed by atoms with Crippen molar-refractivity contribution in [3.63, 3.8) is 0 Å². The average molecular weight is 507 g/mol. The second kappa shape index (κ2) is 11.0. The molecule has 1 saturated carbocycles. The Bertz CT molecular complexity index is 1140. The molecule has 0 aromatic carbocycles. The molecule has 5 rings (SSSR count). The smallest absolute Gasteiger partial charge is 0.268 e. The van der Waals surface area contributed by atoms with Crippen molar-refractivity contribution < 1.29 is 9.53 Å². The zero-order chi connectivity index (χ0) is 25.8. The number of nitrogens with zero attached hydrogens (tertiary/aromatic N) is 6. The molecule has 198 valence electrons. The summed E-state index contributed by atoms with van der Waals surface area (Å²) in [5.74, 6) is 1.74. The van der Waals surface area contributed by atoms with Crippen LogP contribution in [-0.4, -0.2) is 85.5 Å². The number of nitrogens with one attached hydrogen (secondary N) is 2. The molecule has 1 amide bonds. The first-order valence-electron chi connectivity index (χ1n) is 13.4. The van der Waals surface area contributed by atoms with Gasteiger partial charge in [0, 0.05) is 45.9 Å². The maximum absolute atomic E-state index is 12.6. The van der Waals surface area contributed by atoms with Crippen molar-refractivity contribution >= 4 is 35.9 Å². The number of aromatic nitrogens is 2. The van der Waals surface area contributed by atoms with Crippen LogP contribution in [0.15, 0.2) is 34.4 Å². The van der Waals surface area contributed by atoms with E-state index in [9.17, 15) is 4.79 Å². The van der Waals surface area contributed by atoms with Crippen LogP contribution in [0.25, 0.3) is 0 Å². The van der Waals surface area contributed by atoms with Gasteiger partial charge in [-0.25, -0.2) is 9.98 Å². The van der Waals surface area contributed by atoms with Gasteiger partial charge in [-0.3, -0.25) is 9.69 Å². The van der Waals surface area contributed by atoms with E-state index >= 15 is 0 Å². The second-order valence-electron chi connectivity index (χ2n) is 10.1. The fraction of sp³-hybridized carbons (Fsp3) is 0.556.